The van der Waals surface area contributed by atoms with Crippen LogP contribution in [0.15, 0.2) is 39.9 Å². The molecular formula is C13H11BrN6S. The van der Waals surface area contributed by atoms with E-state index in [-0.39, 0.29) is 0 Å². The third kappa shape index (κ3) is 2.86. The summed E-state index contributed by atoms with van der Waals surface area (Å²) in [5, 5.41) is 18.3. The number of hydrogen-bond acceptors (Lipinski definition) is 4. The Bertz CT molecular complexity index is 859. The lowest BCUT2D eigenvalue weighted by Crippen LogP contribution is -1.95. The van der Waals surface area contributed by atoms with E-state index in [1.165, 1.54) is 0 Å². The summed E-state index contributed by atoms with van der Waals surface area (Å²) in [4.78, 5) is 0. The number of H-pyrrole nitrogens is 2. The lowest BCUT2D eigenvalue weighted by atomic mass is 10.2. The average molecular weight is 363 g/mol. The first-order valence-corrected chi connectivity index (χ1v) is 7.34. The maximum absolute atomic E-state index is 5.21. The third-order valence-electron chi connectivity index (χ3n) is 2.80. The molecule has 0 unspecified atom stereocenters. The smallest absolute Gasteiger partial charge is 0.216 e. The minimum absolute atomic E-state index is 0.411. The van der Waals surface area contributed by atoms with Crippen molar-refractivity contribution in [2.75, 3.05) is 0 Å². The van der Waals surface area contributed by atoms with Gasteiger partial charge in [0.15, 0.2) is 0 Å². The van der Waals surface area contributed by atoms with Gasteiger partial charge in [-0.1, -0.05) is 34.1 Å². The normalized spacial score (nSPS) is 11.3. The van der Waals surface area contributed by atoms with Crippen molar-refractivity contribution in [3.63, 3.8) is 0 Å². The van der Waals surface area contributed by atoms with Crippen LogP contribution in [0.4, 0.5) is 0 Å². The minimum Gasteiger partial charge on any atom is -0.282 e. The Morgan fingerprint density at radius 1 is 1.29 bits per heavy atom. The van der Waals surface area contributed by atoms with Crippen molar-refractivity contribution < 1.29 is 0 Å². The molecule has 21 heavy (non-hydrogen) atoms. The molecule has 1 aromatic carbocycles. The zero-order valence-corrected chi connectivity index (χ0v) is 13.4. The molecule has 0 amide bonds. The first-order chi connectivity index (χ1) is 10.1. The van der Waals surface area contributed by atoms with Crippen LogP contribution in [-0.4, -0.2) is 31.3 Å². The highest BCUT2D eigenvalue weighted by molar-refractivity contribution is 9.10. The maximum atomic E-state index is 5.21. The van der Waals surface area contributed by atoms with Gasteiger partial charge in [0.2, 0.25) is 10.6 Å². The molecule has 0 fully saturated rings. The van der Waals surface area contributed by atoms with E-state index in [1.807, 2.05) is 37.3 Å². The van der Waals surface area contributed by atoms with E-state index >= 15 is 0 Å². The van der Waals surface area contributed by atoms with Crippen LogP contribution in [-0.2, 0) is 0 Å². The van der Waals surface area contributed by atoms with Gasteiger partial charge in [-0.3, -0.25) is 5.10 Å². The summed E-state index contributed by atoms with van der Waals surface area (Å²) < 4.78 is 2.92. The minimum atomic E-state index is 0.411. The number of nitrogens with one attached hydrogen (secondary N) is 2. The van der Waals surface area contributed by atoms with Gasteiger partial charge in [0.05, 0.1) is 6.21 Å². The lowest BCUT2D eigenvalue weighted by molar-refractivity contribution is 0.865. The fourth-order valence-corrected chi connectivity index (χ4v) is 2.36. The predicted molar refractivity (Wildman–Crippen MR) is 86.9 cm³/mol. The molecule has 2 aromatic heterocycles. The zero-order chi connectivity index (χ0) is 14.8. The summed E-state index contributed by atoms with van der Waals surface area (Å²) in [6.45, 7) is 1.92. The van der Waals surface area contributed by atoms with Gasteiger partial charge in [0.1, 0.15) is 5.69 Å². The van der Waals surface area contributed by atoms with Gasteiger partial charge < -0.3 is 0 Å². The van der Waals surface area contributed by atoms with Gasteiger partial charge in [-0.05, 0) is 31.3 Å². The quantitative estimate of drug-likeness (QED) is 0.554. The first kappa shape index (κ1) is 13.9. The van der Waals surface area contributed by atoms with Crippen molar-refractivity contribution in [2.45, 2.75) is 6.92 Å². The number of aryl methyl sites for hydroxylation is 1. The summed E-state index contributed by atoms with van der Waals surface area (Å²) in [5.41, 5.74) is 2.58. The lowest BCUT2D eigenvalue weighted by Gasteiger charge is -1.98. The fraction of sp³-hybridized carbons (Fsp3) is 0.0769. The highest BCUT2D eigenvalue weighted by Crippen LogP contribution is 2.16. The number of hydrogen-bond donors (Lipinski definition) is 2. The second kappa shape index (κ2) is 5.74. The number of rotatable bonds is 3. The topological polar surface area (TPSA) is 74.7 Å². The van der Waals surface area contributed by atoms with Crippen molar-refractivity contribution in [3.05, 3.63) is 50.8 Å². The Kier molecular flexibility index (Phi) is 3.80. The largest absolute Gasteiger partial charge is 0.282 e. The molecule has 3 rings (SSSR count). The Morgan fingerprint density at radius 2 is 2.10 bits per heavy atom. The monoisotopic (exact) mass is 362 g/mol. The molecule has 0 saturated heterocycles. The van der Waals surface area contributed by atoms with Gasteiger partial charge in [-0.25, -0.2) is 5.10 Å². The molecule has 0 aliphatic heterocycles. The molecule has 3 aromatic rings. The molecule has 0 bridgehead atoms. The maximum Gasteiger partial charge on any atom is 0.216 e. The molecule has 106 valence electrons. The molecule has 0 aliphatic carbocycles. The standard InChI is InChI=1S/C13H11BrN6S/c1-8-6-11(17-16-8)12-18-19-13(21)20(12)15-7-9-4-2-3-5-10(9)14/h2-7H,1H3,(H,16,17)(H,19,21). The van der Waals surface area contributed by atoms with Gasteiger partial charge in [0, 0.05) is 15.7 Å². The second-order valence-corrected chi connectivity index (χ2v) is 5.61. The Morgan fingerprint density at radius 3 is 2.81 bits per heavy atom. The van der Waals surface area contributed by atoms with E-state index in [1.54, 1.807) is 10.9 Å². The van der Waals surface area contributed by atoms with Gasteiger partial charge >= 0.3 is 0 Å². The van der Waals surface area contributed by atoms with Gasteiger partial charge in [0.25, 0.3) is 0 Å². The van der Waals surface area contributed by atoms with E-state index in [4.69, 9.17) is 12.2 Å². The van der Waals surface area contributed by atoms with E-state index in [9.17, 15) is 0 Å². The zero-order valence-electron chi connectivity index (χ0n) is 11.0. The number of aromatic nitrogens is 5. The molecule has 0 radical (unpaired) electrons. The average Bonchev–Trinajstić information content (AvgIpc) is 3.04. The Hall–Kier alpha value is -2.06. The molecule has 8 heteroatoms. The molecule has 2 heterocycles. The van der Waals surface area contributed by atoms with Crippen molar-refractivity contribution in [1.82, 2.24) is 25.1 Å². The molecule has 2 N–H and O–H groups in total. The first-order valence-electron chi connectivity index (χ1n) is 6.14. The summed E-state index contributed by atoms with van der Waals surface area (Å²) >= 11 is 8.69. The third-order valence-corrected chi connectivity index (χ3v) is 3.79. The van der Waals surface area contributed by atoms with Crippen LogP contribution in [0.5, 0.6) is 0 Å². The van der Waals surface area contributed by atoms with E-state index in [0.29, 0.717) is 16.3 Å². The molecule has 0 aliphatic rings. The van der Waals surface area contributed by atoms with Crippen LogP contribution in [0, 0.1) is 11.7 Å². The molecule has 0 spiro atoms. The van der Waals surface area contributed by atoms with Crippen LogP contribution in [0.3, 0.4) is 0 Å². The molecule has 0 saturated carbocycles. The van der Waals surface area contributed by atoms with E-state index in [0.717, 1.165) is 15.7 Å². The van der Waals surface area contributed by atoms with E-state index in [2.05, 4.69) is 41.4 Å². The molecular weight excluding hydrogens is 352 g/mol. The fourth-order valence-electron chi connectivity index (χ4n) is 1.80. The van der Waals surface area contributed by atoms with E-state index < -0.39 is 0 Å². The predicted octanol–water partition coefficient (Wildman–Crippen LogP) is 3.28. The Labute approximate surface area is 134 Å². The second-order valence-electron chi connectivity index (χ2n) is 4.37. The van der Waals surface area contributed by atoms with Gasteiger partial charge in [-0.2, -0.15) is 20.0 Å². The number of aromatic amines is 2. The van der Waals surface area contributed by atoms with Crippen molar-refractivity contribution >= 4 is 34.4 Å². The summed E-state index contributed by atoms with van der Waals surface area (Å²) in [6.07, 6.45) is 1.72. The van der Waals surface area contributed by atoms with Crippen LogP contribution in [0.25, 0.3) is 11.5 Å². The highest BCUT2D eigenvalue weighted by atomic mass is 79.9. The highest BCUT2D eigenvalue weighted by Gasteiger charge is 2.11. The summed E-state index contributed by atoms with van der Waals surface area (Å²) in [7, 11) is 0. The van der Waals surface area contributed by atoms with Crippen molar-refractivity contribution in [3.8, 4) is 11.5 Å². The van der Waals surface area contributed by atoms with Crippen LogP contribution >= 0.6 is 28.1 Å². The Balaban J connectivity index is 2.02. The molecule has 6 nitrogen and oxygen atoms in total. The van der Waals surface area contributed by atoms with Crippen molar-refractivity contribution in [1.29, 1.82) is 0 Å². The van der Waals surface area contributed by atoms with Crippen LogP contribution in [0.1, 0.15) is 11.3 Å². The van der Waals surface area contributed by atoms with Crippen LogP contribution < -0.4 is 0 Å². The van der Waals surface area contributed by atoms with Crippen molar-refractivity contribution in [2.24, 2.45) is 5.10 Å². The number of halogens is 1. The summed E-state index contributed by atoms with van der Waals surface area (Å²) in [6, 6.07) is 9.68. The molecule has 0 atom stereocenters. The van der Waals surface area contributed by atoms with Crippen LogP contribution in [0.2, 0.25) is 0 Å². The number of benzene rings is 1. The number of nitrogens with zero attached hydrogens (tertiary/aromatic N) is 4. The van der Waals surface area contributed by atoms with Gasteiger partial charge in [-0.15, -0.1) is 0 Å². The summed E-state index contributed by atoms with van der Waals surface area (Å²) in [5.74, 6) is 0.563. The SMILES string of the molecule is Cc1cc(-c2n[nH]c(=S)n2N=Cc2ccccc2Br)n[nH]1.